The summed E-state index contributed by atoms with van der Waals surface area (Å²) < 4.78 is 0. The van der Waals surface area contributed by atoms with E-state index in [1.807, 2.05) is 36.4 Å². The third kappa shape index (κ3) is 2.96. The Kier molecular flexibility index (Phi) is 3.75. The van der Waals surface area contributed by atoms with E-state index in [1.54, 1.807) is 12.1 Å². The molecule has 2 aromatic carbocycles. The normalized spacial score (nSPS) is 10.7. The Morgan fingerprint density at radius 2 is 1.67 bits per heavy atom. The van der Waals surface area contributed by atoms with Gasteiger partial charge in [0.25, 0.3) is 5.69 Å². The van der Waals surface area contributed by atoms with Crippen LogP contribution in [0.15, 0.2) is 48.5 Å². The van der Waals surface area contributed by atoms with Crippen molar-refractivity contribution in [3.8, 4) is 0 Å². The van der Waals surface area contributed by atoms with Crippen LogP contribution in [0.5, 0.6) is 0 Å². The molecule has 0 saturated heterocycles. The fraction of sp³-hybridized carbons (Fsp3) is 0. The Bertz CT molecular complexity index is 591. The number of rotatable bonds is 3. The van der Waals surface area contributed by atoms with Crippen LogP contribution < -0.4 is 0 Å². The summed E-state index contributed by atoms with van der Waals surface area (Å²) >= 11 is 6.02. The van der Waals surface area contributed by atoms with E-state index in [0.29, 0.717) is 5.02 Å². The van der Waals surface area contributed by atoms with Crippen molar-refractivity contribution >= 4 is 29.4 Å². The van der Waals surface area contributed by atoms with E-state index < -0.39 is 4.92 Å². The van der Waals surface area contributed by atoms with Gasteiger partial charge in [0.05, 0.1) is 4.92 Å². The molecule has 0 radical (unpaired) electrons. The second-order valence-corrected chi connectivity index (χ2v) is 4.11. The lowest BCUT2D eigenvalue weighted by Crippen LogP contribution is -1.86. The van der Waals surface area contributed by atoms with Crippen LogP contribution in [-0.4, -0.2) is 4.92 Å². The molecule has 0 bridgehead atoms. The molecule has 0 fully saturated rings. The van der Waals surface area contributed by atoms with E-state index in [-0.39, 0.29) is 5.69 Å². The van der Waals surface area contributed by atoms with Crippen molar-refractivity contribution in [1.82, 2.24) is 0 Å². The first-order chi connectivity index (χ1) is 8.66. The molecule has 2 rings (SSSR count). The van der Waals surface area contributed by atoms with Gasteiger partial charge >= 0.3 is 0 Å². The molecule has 90 valence electrons. The van der Waals surface area contributed by atoms with Gasteiger partial charge in [-0.2, -0.15) is 0 Å². The summed E-state index contributed by atoms with van der Waals surface area (Å²) in [6.07, 6.45) is 3.74. The van der Waals surface area contributed by atoms with Crippen LogP contribution in [0.3, 0.4) is 0 Å². The molecule has 18 heavy (non-hydrogen) atoms. The van der Waals surface area contributed by atoms with E-state index in [1.165, 1.54) is 12.1 Å². The van der Waals surface area contributed by atoms with Crippen molar-refractivity contribution in [1.29, 1.82) is 0 Å². The average Bonchev–Trinajstić information content (AvgIpc) is 2.38. The van der Waals surface area contributed by atoms with Crippen molar-refractivity contribution < 1.29 is 4.92 Å². The molecule has 0 aromatic heterocycles. The Morgan fingerprint density at radius 3 is 2.28 bits per heavy atom. The number of hydrogen-bond acceptors (Lipinski definition) is 2. The van der Waals surface area contributed by atoms with E-state index >= 15 is 0 Å². The molecule has 0 spiro atoms. The van der Waals surface area contributed by atoms with Crippen LogP contribution in [0.2, 0.25) is 5.02 Å². The monoisotopic (exact) mass is 259 g/mol. The summed E-state index contributed by atoms with van der Waals surface area (Å²) in [5.74, 6) is 0. The second kappa shape index (κ2) is 5.47. The summed E-state index contributed by atoms with van der Waals surface area (Å²) in [7, 11) is 0. The Hall–Kier alpha value is -2.13. The van der Waals surface area contributed by atoms with Gasteiger partial charge in [-0.25, -0.2) is 0 Å². The van der Waals surface area contributed by atoms with E-state index in [0.717, 1.165) is 11.1 Å². The highest BCUT2D eigenvalue weighted by molar-refractivity contribution is 6.32. The van der Waals surface area contributed by atoms with Gasteiger partial charge in [-0.3, -0.25) is 10.1 Å². The Morgan fingerprint density at radius 1 is 1.00 bits per heavy atom. The van der Waals surface area contributed by atoms with Crippen LogP contribution in [0.25, 0.3) is 12.2 Å². The van der Waals surface area contributed by atoms with Crippen LogP contribution in [0.4, 0.5) is 5.69 Å². The van der Waals surface area contributed by atoms with Gasteiger partial charge in [0.15, 0.2) is 0 Å². The molecule has 4 heteroatoms. The smallest absolute Gasteiger partial charge is 0.258 e. The zero-order valence-electron chi connectivity index (χ0n) is 9.42. The van der Waals surface area contributed by atoms with Crippen LogP contribution in [-0.2, 0) is 0 Å². The van der Waals surface area contributed by atoms with Crippen molar-refractivity contribution in [2.75, 3.05) is 0 Å². The zero-order chi connectivity index (χ0) is 13.0. The summed E-state index contributed by atoms with van der Waals surface area (Å²) in [6, 6.07) is 13.9. The highest BCUT2D eigenvalue weighted by Gasteiger charge is 2.02. The molecule has 3 nitrogen and oxygen atoms in total. The molecule has 0 amide bonds. The fourth-order valence-corrected chi connectivity index (χ4v) is 1.70. The number of hydrogen-bond donors (Lipinski definition) is 0. The van der Waals surface area contributed by atoms with Crippen molar-refractivity contribution in [3.63, 3.8) is 0 Å². The first-order valence-corrected chi connectivity index (χ1v) is 5.72. The number of nitrogens with zero attached hydrogens (tertiary/aromatic N) is 1. The summed E-state index contributed by atoms with van der Waals surface area (Å²) in [5, 5.41) is 11.2. The maximum Gasteiger partial charge on any atom is 0.269 e. The SMILES string of the molecule is O=[N+]([O-])c1ccc(/C=C\c2ccccc2Cl)cc1. The molecule has 0 heterocycles. The Balaban J connectivity index is 2.19. The lowest BCUT2D eigenvalue weighted by atomic mass is 10.1. The first-order valence-electron chi connectivity index (χ1n) is 5.34. The van der Waals surface area contributed by atoms with Gasteiger partial charge in [-0.05, 0) is 29.3 Å². The van der Waals surface area contributed by atoms with Gasteiger partial charge in [0, 0.05) is 17.2 Å². The van der Waals surface area contributed by atoms with Gasteiger partial charge in [-0.15, -0.1) is 0 Å². The quantitative estimate of drug-likeness (QED) is 0.465. The number of non-ortho nitro benzene ring substituents is 1. The van der Waals surface area contributed by atoms with Crippen LogP contribution in [0, 0.1) is 10.1 Å². The topological polar surface area (TPSA) is 43.1 Å². The van der Waals surface area contributed by atoms with Crippen molar-refractivity contribution in [3.05, 3.63) is 74.8 Å². The highest BCUT2D eigenvalue weighted by atomic mass is 35.5. The first kappa shape index (κ1) is 12.3. The number of halogens is 1. The Labute approximate surface area is 109 Å². The largest absolute Gasteiger partial charge is 0.269 e. The van der Waals surface area contributed by atoms with E-state index in [2.05, 4.69) is 0 Å². The molecule has 0 aliphatic carbocycles. The zero-order valence-corrected chi connectivity index (χ0v) is 10.2. The van der Waals surface area contributed by atoms with Gasteiger partial charge in [0.2, 0.25) is 0 Å². The van der Waals surface area contributed by atoms with Gasteiger partial charge < -0.3 is 0 Å². The lowest BCUT2D eigenvalue weighted by molar-refractivity contribution is -0.384. The molecule has 0 aliphatic rings. The lowest BCUT2D eigenvalue weighted by Gasteiger charge is -1.97. The van der Waals surface area contributed by atoms with Crippen LogP contribution in [0.1, 0.15) is 11.1 Å². The number of nitro groups is 1. The molecule has 0 aliphatic heterocycles. The second-order valence-electron chi connectivity index (χ2n) is 3.70. The standard InChI is InChI=1S/C14H10ClNO2/c15-14-4-2-1-3-12(14)8-5-11-6-9-13(10-7-11)16(17)18/h1-10H/b8-5-. The maximum atomic E-state index is 10.5. The van der Waals surface area contributed by atoms with Gasteiger partial charge in [0.1, 0.15) is 0 Å². The molecule has 0 unspecified atom stereocenters. The molecule has 2 aromatic rings. The molecule has 0 atom stereocenters. The predicted molar refractivity (Wildman–Crippen MR) is 73.5 cm³/mol. The number of benzene rings is 2. The van der Waals surface area contributed by atoms with E-state index in [4.69, 9.17) is 11.6 Å². The summed E-state index contributed by atoms with van der Waals surface area (Å²) in [5.41, 5.74) is 1.89. The predicted octanol–water partition coefficient (Wildman–Crippen LogP) is 4.42. The highest BCUT2D eigenvalue weighted by Crippen LogP contribution is 2.19. The summed E-state index contributed by atoms with van der Waals surface area (Å²) in [4.78, 5) is 10.1. The molecular weight excluding hydrogens is 250 g/mol. The third-order valence-corrected chi connectivity index (χ3v) is 2.81. The maximum absolute atomic E-state index is 10.5. The minimum atomic E-state index is -0.415. The molecule has 0 N–H and O–H groups in total. The summed E-state index contributed by atoms with van der Waals surface area (Å²) in [6.45, 7) is 0. The van der Waals surface area contributed by atoms with Crippen LogP contribution >= 0.6 is 11.6 Å². The fourth-order valence-electron chi connectivity index (χ4n) is 1.50. The molecular formula is C14H10ClNO2. The third-order valence-electron chi connectivity index (χ3n) is 2.46. The molecule has 0 saturated carbocycles. The minimum Gasteiger partial charge on any atom is -0.258 e. The van der Waals surface area contributed by atoms with Gasteiger partial charge in [-0.1, -0.05) is 42.0 Å². The number of nitro benzene ring substituents is 1. The minimum absolute atomic E-state index is 0.0879. The van der Waals surface area contributed by atoms with Crippen molar-refractivity contribution in [2.24, 2.45) is 0 Å². The van der Waals surface area contributed by atoms with E-state index in [9.17, 15) is 10.1 Å². The average molecular weight is 260 g/mol. The van der Waals surface area contributed by atoms with Crippen molar-refractivity contribution in [2.45, 2.75) is 0 Å².